The van der Waals surface area contributed by atoms with Crippen LogP contribution in [0, 0.1) is 0 Å². The van der Waals surface area contributed by atoms with Gasteiger partial charge in [-0.05, 0) is 42.9 Å². The Morgan fingerprint density at radius 3 is 2.41 bits per heavy atom. The van der Waals surface area contributed by atoms with Gasteiger partial charge in [0.2, 0.25) is 0 Å². The molecule has 158 valence electrons. The molecule has 0 bridgehead atoms. The highest BCUT2D eigenvalue weighted by Crippen LogP contribution is 2.28. The van der Waals surface area contributed by atoms with Gasteiger partial charge in [-0.25, -0.2) is 4.79 Å². The van der Waals surface area contributed by atoms with E-state index in [0.29, 0.717) is 34.4 Å². The number of ether oxygens (including phenoxy) is 3. The van der Waals surface area contributed by atoms with Crippen LogP contribution in [-0.4, -0.2) is 57.2 Å². The van der Waals surface area contributed by atoms with Crippen LogP contribution in [0.5, 0.6) is 11.5 Å². The number of nitrogens with zero attached hydrogens (tertiary/aromatic N) is 1. The number of carbonyl (C=O) groups is 2. The highest BCUT2D eigenvalue weighted by atomic mass is 32.1. The Morgan fingerprint density at radius 1 is 1.03 bits per heavy atom. The topological polar surface area (TPSA) is 77.1 Å². The lowest BCUT2D eigenvalue weighted by Crippen LogP contribution is -2.28. The van der Waals surface area contributed by atoms with Gasteiger partial charge >= 0.3 is 5.97 Å². The summed E-state index contributed by atoms with van der Waals surface area (Å²) in [6, 6.07) is 8.78. The molecule has 1 aromatic heterocycles. The molecule has 0 aliphatic rings. The lowest BCUT2D eigenvalue weighted by molar-refractivity contribution is 0.0606. The van der Waals surface area contributed by atoms with E-state index in [-0.39, 0.29) is 5.91 Å². The highest BCUT2D eigenvalue weighted by Gasteiger charge is 2.14. The number of amides is 1. The number of carbonyl (C=O) groups excluding carboxylic acids is 2. The van der Waals surface area contributed by atoms with E-state index >= 15 is 0 Å². The molecule has 0 saturated heterocycles. The highest BCUT2D eigenvalue weighted by molar-refractivity contribution is 7.15. The Labute approximate surface area is 175 Å². The normalized spacial score (nSPS) is 10.7. The first-order chi connectivity index (χ1) is 14.0. The van der Waals surface area contributed by atoms with Crippen molar-refractivity contribution in [2.24, 2.45) is 0 Å². The molecule has 0 aliphatic carbocycles. The number of methoxy groups -OCH3 is 2. The summed E-state index contributed by atoms with van der Waals surface area (Å²) in [6.07, 6.45) is 0. The summed E-state index contributed by atoms with van der Waals surface area (Å²) in [5.41, 5.74) is 0.885. The summed E-state index contributed by atoms with van der Waals surface area (Å²) >= 11 is 1.10. The molecule has 0 saturated carbocycles. The van der Waals surface area contributed by atoms with E-state index in [1.165, 1.54) is 7.11 Å². The standard InChI is InChI=1S/C21H28N2O5S/c1-5-23(6-2)11-12-28-16-8-7-15(13-17(16)26-3)14-22-20(24)18-9-10-19(29-18)21(25)27-4/h7-10,13H,5-6,11-12,14H2,1-4H3,(H,22,24). The number of rotatable bonds is 11. The smallest absolute Gasteiger partial charge is 0.348 e. The van der Waals surface area contributed by atoms with Gasteiger partial charge in [0.1, 0.15) is 11.5 Å². The van der Waals surface area contributed by atoms with Crippen molar-refractivity contribution in [3.63, 3.8) is 0 Å². The molecule has 2 rings (SSSR count). The fraction of sp³-hybridized carbons (Fsp3) is 0.429. The molecule has 0 radical (unpaired) electrons. The first kappa shape index (κ1) is 22.7. The zero-order valence-electron chi connectivity index (χ0n) is 17.3. The van der Waals surface area contributed by atoms with Gasteiger partial charge in [-0.2, -0.15) is 0 Å². The van der Waals surface area contributed by atoms with Gasteiger partial charge in [0.05, 0.1) is 19.1 Å². The van der Waals surface area contributed by atoms with E-state index < -0.39 is 5.97 Å². The molecule has 2 aromatic rings. The quantitative estimate of drug-likeness (QED) is 0.563. The van der Waals surface area contributed by atoms with Gasteiger partial charge in [-0.3, -0.25) is 4.79 Å². The summed E-state index contributed by atoms with van der Waals surface area (Å²) in [6.45, 7) is 7.99. The van der Waals surface area contributed by atoms with Crippen LogP contribution < -0.4 is 14.8 Å². The zero-order chi connectivity index (χ0) is 21.2. The third-order valence-electron chi connectivity index (χ3n) is 4.46. The maximum atomic E-state index is 12.3. The Morgan fingerprint density at radius 2 is 1.76 bits per heavy atom. The van der Waals surface area contributed by atoms with Gasteiger partial charge in [-0.1, -0.05) is 19.9 Å². The van der Waals surface area contributed by atoms with Crippen molar-refractivity contribution in [3.8, 4) is 11.5 Å². The second-order valence-corrected chi connectivity index (χ2v) is 7.28. The first-order valence-electron chi connectivity index (χ1n) is 9.50. The average Bonchev–Trinajstić information content (AvgIpc) is 3.25. The predicted molar refractivity (Wildman–Crippen MR) is 113 cm³/mol. The zero-order valence-corrected chi connectivity index (χ0v) is 18.1. The van der Waals surface area contributed by atoms with E-state index in [4.69, 9.17) is 9.47 Å². The molecule has 1 N–H and O–H groups in total. The third kappa shape index (κ3) is 6.47. The van der Waals surface area contributed by atoms with E-state index in [1.54, 1.807) is 19.2 Å². The van der Waals surface area contributed by atoms with Crippen molar-refractivity contribution in [2.45, 2.75) is 20.4 Å². The van der Waals surface area contributed by atoms with Crippen molar-refractivity contribution in [2.75, 3.05) is 40.5 Å². The largest absolute Gasteiger partial charge is 0.493 e. The average molecular weight is 421 g/mol. The molecule has 7 nitrogen and oxygen atoms in total. The minimum Gasteiger partial charge on any atom is -0.493 e. The second kappa shape index (κ2) is 11.4. The number of hydrogen-bond donors (Lipinski definition) is 1. The molecular formula is C21H28N2O5S. The molecule has 0 spiro atoms. The van der Waals surface area contributed by atoms with E-state index in [1.807, 2.05) is 18.2 Å². The van der Waals surface area contributed by atoms with Crippen LogP contribution in [0.25, 0.3) is 0 Å². The maximum Gasteiger partial charge on any atom is 0.348 e. The van der Waals surface area contributed by atoms with Crippen LogP contribution in [0.15, 0.2) is 30.3 Å². The molecule has 29 heavy (non-hydrogen) atoms. The van der Waals surface area contributed by atoms with Gasteiger partial charge < -0.3 is 24.4 Å². The van der Waals surface area contributed by atoms with Crippen molar-refractivity contribution in [1.82, 2.24) is 10.2 Å². The Balaban J connectivity index is 1.93. The number of esters is 1. The van der Waals surface area contributed by atoms with Crippen LogP contribution in [0.4, 0.5) is 0 Å². The number of likely N-dealkylation sites (N-methyl/N-ethyl adjacent to an activating group) is 1. The maximum absolute atomic E-state index is 12.3. The van der Waals surface area contributed by atoms with Crippen molar-refractivity contribution in [3.05, 3.63) is 45.6 Å². The summed E-state index contributed by atoms with van der Waals surface area (Å²) in [5.74, 6) is 0.607. The number of nitrogens with one attached hydrogen (secondary N) is 1. The second-order valence-electron chi connectivity index (χ2n) is 6.20. The van der Waals surface area contributed by atoms with Crippen LogP contribution in [0.3, 0.4) is 0 Å². The predicted octanol–water partition coefficient (Wildman–Crippen LogP) is 3.19. The summed E-state index contributed by atoms with van der Waals surface area (Å²) in [7, 11) is 2.90. The fourth-order valence-corrected chi connectivity index (χ4v) is 3.55. The molecule has 8 heteroatoms. The number of benzene rings is 1. The van der Waals surface area contributed by atoms with Gasteiger partial charge in [0.25, 0.3) is 5.91 Å². The van der Waals surface area contributed by atoms with Gasteiger partial charge in [0.15, 0.2) is 11.5 Å². The molecule has 0 aliphatic heterocycles. The molecule has 1 heterocycles. The lowest BCUT2D eigenvalue weighted by Gasteiger charge is -2.19. The summed E-state index contributed by atoms with van der Waals surface area (Å²) < 4.78 is 15.9. The Bertz CT molecular complexity index is 817. The fourth-order valence-electron chi connectivity index (χ4n) is 2.71. The molecule has 0 unspecified atom stereocenters. The summed E-state index contributed by atoms with van der Waals surface area (Å²) in [4.78, 5) is 26.9. The molecular weight excluding hydrogens is 392 g/mol. The van der Waals surface area contributed by atoms with Crippen LogP contribution >= 0.6 is 11.3 Å². The van der Waals surface area contributed by atoms with Crippen LogP contribution in [0.2, 0.25) is 0 Å². The molecule has 1 amide bonds. The first-order valence-corrected chi connectivity index (χ1v) is 10.3. The van der Waals surface area contributed by atoms with Crippen molar-refractivity contribution < 1.29 is 23.8 Å². The number of hydrogen-bond acceptors (Lipinski definition) is 7. The third-order valence-corrected chi connectivity index (χ3v) is 5.52. The molecule has 1 aromatic carbocycles. The minimum absolute atomic E-state index is 0.247. The van der Waals surface area contributed by atoms with Gasteiger partial charge in [0, 0.05) is 13.1 Å². The number of thiophene rings is 1. The lowest BCUT2D eigenvalue weighted by atomic mass is 10.2. The Kier molecular flexibility index (Phi) is 8.95. The minimum atomic E-state index is -0.449. The van der Waals surface area contributed by atoms with E-state index in [9.17, 15) is 9.59 Å². The monoisotopic (exact) mass is 420 g/mol. The van der Waals surface area contributed by atoms with Crippen LogP contribution in [-0.2, 0) is 11.3 Å². The summed E-state index contributed by atoms with van der Waals surface area (Å²) in [5, 5.41) is 2.85. The molecule has 0 atom stereocenters. The van der Waals surface area contributed by atoms with E-state index in [0.717, 1.165) is 36.5 Å². The van der Waals surface area contributed by atoms with E-state index in [2.05, 4.69) is 28.8 Å². The van der Waals surface area contributed by atoms with Crippen LogP contribution in [0.1, 0.15) is 38.8 Å². The van der Waals surface area contributed by atoms with Crippen molar-refractivity contribution in [1.29, 1.82) is 0 Å². The molecule has 0 fully saturated rings. The SMILES string of the molecule is CCN(CC)CCOc1ccc(CNC(=O)c2ccc(C(=O)OC)s2)cc1OC. The van der Waals surface area contributed by atoms with Gasteiger partial charge in [-0.15, -0.1) is 11.3 Å². The van der Waals surface area contributed by atoms with Crippen molar-refractivity contribution >= 4 is 23.2 Å². The Hall–Kier alpha value is -2.58.